The molecule has 0 radical (unpaired) electrons. The number of hydrogen-bond donors (Lipinski definition) is 1. The van der Waals surface area contributed by atoms with Crippen LogP contribution in [0.1, 0.15) is 55.2 Å². The van der Waals surface area contributed by atoms with E-state index in [9.17, 15) is 9.59 Å². The first-order valence-corrected chi connectivity index (χ1v) is 9.17. The summed E-state index contributed by atoms with van der Waals surface area (Å²) in [5.41, 5.74) is 8.95. The van der Waals surface area contributed by atoms with Crippen LogP contribution in [0.4, 0.5) is 4.79 Å². The molecule has 2 aromatic carbocycles. The summed E-state index contributed by atoms with van der Waals surface area (Å²) in [6, 6.07) is 10.8. The molecule has 1 aliphatic rings. The molecule has 1 aliphatic heterocycles. The van der Waals surface area contributed by atoms with Crippen LogP contribution in [0, 0.1) is 0 Å². The standard InChI is InChI=1S/C21H23ClN2O3/c1-12-14-6-5-7-15(16-9-8-13(22)10-17(16)19(23)25)18(14)11-24(12)20(26)27-21(2,3)4/h5-10,12H,11H2,1-4H3,(H2,23,25). The SMILES string of the molecule is CC1c2cccc(-c3ccc(Cl)cc3C(N)=O)c2CN1C(=O)OC(C)(C)C. The summed E-state index contributed by atoms with van der Waals surface area (Å²) in [4.78, 5) is 26.2. The number of rotatable bonds is 2. The Morgan fingerprint density at radius 2 is 1.89 bits per heavy atom. The van der Waals surface area contributed by atoms with E-state index in [1.165, 1.54) is 0 Å². The van der Waals surface area contributed by atoms with Gasteiger partial charge in [0, 0.05) is 10.6 Å². The van der Waals surface area contributed by atoms with E-state index in [1.54, 1.807) is 23.1 Å². The molecule has 2 amide bonds. The number of nitrogens with zero attached hydrogens (tertiary/aromatic N) is 1. The highest BCUT2D eigenvalue weighted by molar-refractivity contribution is 6.31. The van der Waals surface area contributed by atoms with E-state index < -0.39 is 11.5 Å². The molecule has 0 saturated heterocycles. The van der Waals surface area contributed by atoms with Gasteiger partial charge in [-0.05, 0) is 62.1 Å². The van der Waals surface area contributed by atoms with Crippen molar-refractivity contribution in [1.29, 1.82) is 0 Å². The Kier molecular flexibility index (Phi) is 4.91. The van der Waals surface area contributed by atoms with Gasteiger partial charge in [-0.1, -0.05) is 35.9 Å². The lowest BCUT2D eigenvalue weighted by Crippen LogP contribution is -2.35. The van der Waals surface area contributed by atoms with Crippen LogP contribution < -0.4 is 5.73 Å². The number of carbonyl (C=O) groups is 2. The number of ether oxygens (including phenoxy) is 1. The molecule has 1 atom stereocenters. The van der Waals surface area contributed by atoms with Crippen LogP contribution in [0.15, 0.2) is 36.4 Å². The minimum atomic E-state index is -0.566. The first-order chi connectivity index (χ1) is 12.6. The van der Waals surface area contributed by atoms with Gasteiger partial charge in [0.25, 0.3) is 0 Å². The average Bonchev–Trinajstić information content (AvgIpc) is 2.91. The number of halogens is 1. The Bertz CT molecular complexity index is 918. The van der Waals surface area contributed by atoms with Crippen LogP contribution in [0.25, 0.3) is 11.1 Å². The fourth-order valence-corrected chi connectivity index (χ4v) is 3.57. The van der Waals surface area contributed by atoms with Crippen molar-refractivity contribution in [2.24, 2.45) is 5.73 Å². The second-order valence-corrected chi connectivity index (χ2v) is 8.15. The van der Waals surface area contributed by atoms with Crippen molar-refractivity contribution in [3.8, 4) is 11.1 Å². The molecule has 0 spiro atoms. The highest BCUT2D eigenvalue weighted by Crippen LogP contribution is 2.40. The number of hydrogen-bond acceptors (Lipinski definition) is 3. The number of fused-ring (bicyclic) bond motifs is 1. The minimum absolute atomic E-state index is 0.126. The molecule has 0 bridgehead atoms. The number of benzene rings is 2. The van der Waals surface area contributed by atoms with Crippen molar-refractivity contribution < 1.29 is 14.3 Å². The van der Waals surface area contributed by atoms with Crippen molar-refractivity contribution >= 4 is 23.6 Å². The molecule has 1 heterocycles. The largest absolute Gasteiger partial charge is 0.444 e. The van der Waals surface area contributed by atoms with Gasteiger partial charge in [-0.15, -0.1) is 0 Å². The van der Waals surface area contributed by atoms with Gasteiger partial charge in [-0.25, -0.2) is 4.79 Å². The first-order valence-electron chi connectivity index (χ1n) is 8.79. The van der Waals surface area contributed by atoms with E-state index in [0.29, 0.717) is 22.7 Å². The smallest absolute Gasteiger partial charge is 0.411 e. The van der Waals surface area contributed by atoms with Crippen molar-refractivity contribution in [2.75, 3.05) is 0 Å². The fraction of sp³-hybridized carbons (Fsp3) is 0.333. The highest BCUT2D eigenvalue weighted by Gasteiger charge is 2.35. The zero-order chi connectivity index (χ0) is 19.9. The quantitative estimate of drug-likeness (QED) is 0.796. The molecule has 0 saturated carbocycles. The molecule has 142 valence electrons. The molecule has 2 aromatic rings. The lowest BCUT2D eigenvalue weighted by molar-refractivity contribution is 0.0187. The van der Waals surface area contributed by atoms with E-state index in [4.69, 9.17) is 22.1 Å². The molecule has 2 N–H and O–H groups in total. The molecule has 5 nitrogen and oxygen atoms in total. The number of primary amides is 1. The summed E-state index contributed by atoms with van der Waals surface area (Å²) in [7, 11) is 0. The highest BCUT2D eigenvalue weighted by atomic mass is 35.5. The third-order valence-corrected chi connectivity index (χ3v) is 4.86. The molecule has 3 rings (SSSR count). The van der Waals surface area contributed by atoms with E-state index in [2.05, 4.69) is 0 Å². The third kappa shape index (κ3) is 3.78. The second-order valence-electron chi connectivity index (χ2n) is 7.71. The summed E-state index contributed by atoms with van der Waals surface area (Å²) < 4.78 is 5.54. The number of amides is 2. The Labute approximate surface area is 164 Å². The number of nitrogens with two attached hydrogens (primary N) is 1. The Morgan fingerprint density at radius 1 is 1.19 bits per heavy atom. The maximum absolute atomic E-state index is 12.6. The van der Waals surface area contributed by atoms with E-state index in [-0.39, 0.29) is 12.1 Å². The zero-order valence-electron chi connectivity index (χ0n) is 15.9. The second kappa shape index (κ2) is 6.89. The first kappa shape index (κ1) is 19.2. The topological polar surface area (TPSA) is 72.6 Å². The minimum Gasteiger partial charge on any atom is -0.444 e. The predicted molar refractivity (Wildman–Crippen MR) is 106 cm³/mol. The van der Waals surface area contributed by atoms with Crippen LogP contribution in [-0.4, -0.2) is 22.5 Å². The van der Waals surface area contributed by atoms with Crippen LogP contribution in [0.3, 0.4) is 0 Å². The molecule has 0 fully saturated rings. The van der Waals surface area contributed by atoms with Gasteiger partial charge in [-0.2, -0.15) is 0 Å². The van der Waals surface area contributed by atoms with Gasteiger partial charge in [0.2, 0.25) is 5.91 Å². The summed E-state index contributed by atoms with van der Waals surface area (Å²) in [5, 5.41) is 0.448. The molecule has 6 heteroatoms. The van der Waals surface area contributed by atoms with Crippen molar-refractivity contribution in [2.45, 2.75) is 45.9 Å². The normalized spacial score (nSPS) is 16.2. The summed E-state index contributed by atoms with van der Waals surface area (Å²) in [5.74, 6) is -0.542. The van der Waals surface area contributed by atoms with Crippen LogP contribution >= 0.6 is 11.6 Å². The van der Waals surface area contributed by atoms with E-state index >= 15 is 0 Å². The monoisotopic (exact) mass is 386 g/mol. The molecular formula is C21H23ClN2O3. The van der Waals surface area contributed by atoms with Gasteiger partial charge < -0.3 is 10.5 Å². The van der Waals surface area contributed by atoms with Crippen LogP contribution in [0.5, 0.6) is 0 Å². The van der Waals surface area contributed by atoms with Gasteiger partial charge in [0.15, 0.2) is 0 Å². The van der Waals surface area contributed by atoms with Crippen molar-refractivity contribution in [3.63, 3.8) is 0 Å². The fourth-order valence-electron chi connectivity index (χ4n) is 3.40. The van der Waals surface area contributed by atoms with Crippen molar-refractivity contribution in [3.05, 3.63) is 58.1 Å². The van der Waals surface area contributed by atoms with Gasteiger partial charge in [0.1, 0.15) is 5.60 Å². The Balaban J connectivity index is 2.04. The predicted octanol–water partition coefficient (Wildman–Crippen LogP) is 4.92. The Morgan fingerprint density at radius 3 is 2.52 bits per heavy atom. The van der Waals surface area contributed by atoms with Crippen LogP contribution in [0.2, 0.25) is 5.02 Å². The average molecular weight is 387 g/mol. The Hall–Kier alpha value is -2.53. The molecule has 0 aliphatic carbocycles. The van der Waals surface area contributed by atoms with Gasteiger partial charge in [0.05, 0.1) is 12.6 Å². The molecular weight excluding hydrogens is 364 g/mol. The number of carbonyl (C=O) groups excluding carboxylic acids is 2. The summed E-state index contributed by atoms with van der Waals surface area (Å²) in [6.07, 6.45) is -0.358. The maximum Gasteiger partial charge on any atom is 0.411 e. The molecule has 0 aromatic heterocycles. The lowest BCUT2D eigenvalue weighted by Gasteiger charge is -2.27. The molecule has 27 heavy (non-hydrogen) atoms. The third-order valence-electron chi connectivity index (χ3n) is 4.62. The van der Waals surface area contributed by atoms with E-state index in [0.717, 1.165) is 16.7 Å². The summed E-state index contributed by atoms with van der Waals surface area (Å²) in [6.45, 7) is 7.91. The summed E-state index contributed by atoms with van der Waals surface area (Å²) >= 11 is 6.04. The van der Waals surface area contributed by atoms with Gasteiger partial charge in [-0.3, -0.25) is 9.69 Å². The lowest BCUT2D eigenvalue weighted by atomic mass is 9.92. The maximum atomic E-state index is 12.6. The zero-order valence-corrected chi connectivity index (χ0v) is 16.6. The van der Waals surface area contributed by atoms with Crippen LogP contribution in [-0.2, 0) is 11.3 Å². The van der Waals surface area contributed by atoms with Gasteiger partial charge >= 0.3 is 6.09 Å². The molecule has 1 unspecified atom stereocenters. The van der Waals surface area contributed by atoms with Crippen molar-refractivity contribution in [1.82, 2.24) is 4.90 Å². The van der Waals surface area contributed by atoms with E-state index in [1.807, 2.05) is 45.9 Å².